The second-order valence-corrected chi connectivity index (χ2v) is 5.80. The molecule has 130 valence electrons. The molecule has 0 amide bonds. The van der Waals surface area contributed by atoms with Gasteiger partial charge in [0.1, 0.15) is 29.8 Å². The Morgan fingerprint density at radius 3 is 2.48 bits per heavy atom. The van der Waals surface area contributed by atoms with E-state index in [4.69, 9.17) is 14.2 Å². The lowest BCUT2D eigenvalue weighted by Gasteiger charge is -2.41. The van der Waals surface area contributed by atoms with Crippen molar-refractivity contribution in [2.24, 2.45) is 0 Å². The minimum absolute atomic E-state index is 0.0752. The number of phenols is 1. The number of ether oxygens (including phenoxy) is 3. The largest absolute Gasteiger partial charge is 0.508 e. The average Bonchev–Trinajstić information content (AvgIpc) is 2.55. The summed E-state index contributed by atoms with van der Waals surface area (Å²) in [5, 5.41) is 39.2. The van der Waals surface area contributed by atoms with Gasteiger partial charge in [-0.05, 0) is 24.3 Å². The number of aliphatic hydroxyl groups is 3. The molecule has 2 rings (SSSR count). The standard InChI is InChI=1S/C14H20INO7/c15-16-5-6-21-14-12(20)13(11(19)10(7-17)23-14)22-9-3-1-8(18)2-4-9/h1-4,10-14,16-20H,5-7H2/t10?,11-,12?,13?,14+/m1/s1. The third-order valence-corrected chi connectivity index (χ3v) is 3.95. The average molecular weight is 441 g/mol. The van der Waals surface area contributed by atoms with Crippen molar-refractivity contribution in [2.75, 3.05) is 19.8 Å². The molecule has 1 aromatic carbocycles. The minimum Gasteiger partial charge on any atom is -0.508 e. The minimum atomic E-state index is -1.24. The number of phenolic OH excluding ortho intramolecular Hbond substituents is 1. The van der Waals surface area contributed by atoms with Crippen molar-refractivity contribution in [3.05, 3.63) is 24.3 Å². The van der Waals surface area contributed by atoms with Crippen LogP contribution in [-0.2, 0) is 9.47 Å². The van der Waals surface area contributed by atoms with Crippen molar-refractivity contribution in [3.63, 3.8) is 0 Å². The molecule has 23 heavy (non-hydrogen) atoms. The summed E-state index contributed by atoms with van der Waals surface area (Å²) in [6, 6.07) is 5.87. The Bertz CT molecular complexity index is 475. The molecule has 0 spiro atoms. The number of aliphatic hydroxyl groups excluding tert-OH is 3. The van der Waals surface area contributed by atoms with Crippen LogP contribution in [0.15, 0.2) is 24.3 Å². The van der Waals surface area contributed by atoms with Crippen LogP contribution in [0.25, 0.3) is 0 Å². The van der Waals surface area contributed by atoms with Crippen LogP contribution in [0.1, 0.15) is 0 Å². The van der Waals surface area contributed by atoms with Crippen LogP contribution in [0.5, 0.6) is 11.5 Å². The molecule has 3 unspecified atom stereocenters. The first-order valence-electron chi connectivity index (χ1n) is 7.10. The van der Waals surface area contributed by atoms with E-state index >= 15 is 0 Å². The van der Waals surface area contributed by atoms with Crippen LogP contribution >= 0.6 is 22.9 Å². The zero-order chi connectivity index (χ0) is 16.8. The van der Waals surface area contributed by atoms with Gasteiger partial charge in [0.05, 0.1) is 13.2 Å². The molecule has 0 radical (unpaired) electrons. The van der Waals surface area contributed by atoms with E-state index in [1.807, 2.05) is 22.9 Å². The molecule has 8 nitrogen and oxygen atoms in total. The lowest BCUT2D eigenvalue weighted by molar-refractivity contribution is -0.296. The number of halogens is 1. The van der Waals surface area contributed by atoms with Gasteiger partial charge in [0.25, 0.3) is 0 Å². The second-order valence-electron chi connectivity index (χ2n) is 5.04. The summed E-state index contributed by atoms with van der Waals surface area (Å²) in [6.45, 7) is 0.390. The van der Waals surface area contributed by atoms with Gasteiger partial charge in [-0.15, -0.1) is 0 Å². The predicted octanol–water partition coefficient (Wildman–Crippen LogP) is -0.465. The number of benzene rings is 1. The van der Waals surface area contributed by atoms with Gasteiger partial charge >= 0.3 is 0 Å². The van der Waals surface area contributed by atoms with Crippen molar-refractivity contribution in [3.8, 4) is 11.5 Å². The van der Waals surface area contributed by atoms with Crippen molar-refractivity contribution < 1.29 is 34.6 Å². The number of nitrogens with one attached hydrogen (secondary N) is 1. The molecule has 1 fully saturated rings. The second kappa shape index (κ2) is 8.97. The smallest absolute Gasteiger partial charge is 0.187 e. The fourth-order valence-corrected chi connectivity index (χ4v) is 2.45. The zero-order valence-corrected chi connectivity index (χ0v) is 14.4. The van der Waals surface area contributed by atoms with Gasteiger partial charge in [-0.1, -0.05) is 0 Å². The van der Waals surface area contributed by atoms with Gasteiger partial charge in [0.15, 0.2) is 12.4 Å². The van der Waals surface area contributed by atoms with Gasteiger partial charge in [-0.2, -0.15) is 0 Å². The number of aromatic hydroxyl groups is 1. The first kappa shape index (κ1) is 18.6. The Kier molecular flexibility index (Phi) is 7.27. The van der Waals surface area contributed by atoms with E-state index in [1.165, 1.54) is 24.3 Å². The molecule has 5 atom stereocenters. The third-order valence-electron chi connectivity index (χ3n) is 3.41. The molecule has 1 saturated heterocycles. The van der Waals surface area contributed by atoms with Gasteiger partial charge < -0.3 is 34.6 Å². The van der Waals surface area contributed by atoms with Gasteiger partial charge in [0.2, 0.25) is 0 Å². The SMILES string of the molecule is OCC1O[C@H](OCCNI)C(O)C(Oc2ccc(O)cc2)[C@@H]1O. The van der Waals surface area contributed by atoms with E-state index in [0.717, 1.165) is 0 Å². The van der Waals surface area contributed by atoms with Crippen LogP contribution in [0.3, 0.4) is 0 Å². The monoisotopic (exact) mass is 441 g/mol. The van der Waals surface area contributed by atoms with Crippen molar-refractivity contribution in [1.82, 2.24) is 3.53 Å². The Morgan fingerprint density at radius 2 is 1.87 bits per heavy atom. The fraction of sp³-hybridized carbons (Fsp3) is 0.571. The highest BCUT2D eigenvalue weighted by atomic mass is 127. The molecule has 0 saturated carbocycles. The molecule has 0 aromatic heterocycles. The summed E-state index contributed by atoms with van der Waals surface area (Å²) in [5.74, 6) is 0.434. The van der Waals surface area contributed by atoms with E-state index in [9.17, 15) is 20.4 Å². The topological polar surface area (TPSA) is 121 Å². The molecule has 5 N–H and O–H groups in total. The van der Waals surface area contributed by atoms with Crippen LogP contribution in [-0.4, -0.2) is 70.9 Å². The summed E-state index contributed by atoms with van der Waals surface area (Å²) >= 11 is 1.96. The van der Waals surface area contributed by atoms with Crippen LogP contribution < -0.4 is 8.27 Å². The zero-order valence-electron chi connectivity index (χ0n) is 12.2. The number of hydrogen-bond acceptors (Lipinski definition) is 8. The molecule has 0 bridgehead atoms. The molecule has 1 aromatic rings. The Labute approximate surface area is 147 Å². The van der Waals surface area contributed by atoms with E-state index in [1.54, 1.807) is 0 Å². The highest BCUT2D eigenvalue weighted by Gasteiger charge is 2.46. The molecular formula is C14H20INO7. The molecule has 9 heteroatoms. The number of rotatable bonds is 7. The lowest BCUT2D eigenvalue weighted by Crippen LogP contribution is -2.61. The first-order chi connectivity index (χ1) is 11.1. The lowest BCUT2D eigenvalue weighted by atomic mass is 9.99. The molecule has 1 aliphatic heterocycles. The van der Waals surface area contributed by atoms with Gasteiger partial charge in [-0.3, -0.25) is 3.53 Å². The van der Waals surface area contributed by atoms with Crippen molar-refractivity contribution in [1.29, 1.82) is 0 Å². The van der Waals surface area contributed by atoms with E-state index in [2.05, 4.69) is 3.53 Å². The maximum absolute atomic E-state index is 10.3. The third kappa shape index (κ3) is 4.89. The summed E-state index contributed by atoms with van der Waals surface area (Å²) in [4.78, 5) is 0. The van der Waals surface area contributed by atoms with Gasteiger partial charge in [0, 0.05) is 29.4 Å². The van der Waals surface area contributed by atoms with Crippen molar-refractivity contribution >= 4 is 22.9 Å². The summed E-state index contributed by atoms with van der Waals surface area (Å²) in [6.07, 6.45) is -5.47. The molecule has 1 heterocycles. The number of hydrogen-bond donors (Lipinski definition) is 5. The molecule has 0 aliphatic carbocycles. The maximum atomic E-state index is 10.3. The van der Waals surface area contributed by atoms with Crippen LogP contribution in [0.2, 0.25) is 0 Å². The van der Waals surface area contributed by atoms with Gasteiger partial charge in [-0.25, -0.2) is 0 Å². The van der Waals surface area contributed by atoms with E-state index in [-0.39, 0.29) is 12.4 Å². The Hall–Kier alpha value is -0.690. The normalized spacial score (nSPS) is 31.0. The van der Waals surface area contributed by atoms with E-state index < -0.39 is 37.3 Å². The van der Waals surface area contributed by atoms with E-state index in [0.29, 0.717) is 12.3 Å². The maximum Gasteiger partial charge on any atom is 0.187 e. The highest BCUT2D eigenvalue weighted by molar-refractivity contribution is 14.1. The molecule has 1 aliphatic rings. The molecular weight excluding hydrogens is 421 g/mol. The first-order valence-corrected chi connectivity index (χ1v) is 8.18. The summed E-state index contributed by atoms with van der Waals surface area (Å²) in [7, 11) is 0. The summed E-state index contributed by atoms with van der Waals surface area (Å²) < 4.78 is 19.3. The van der Waals surface area contributed by atoms with Crippen LogP contribution in [0, 0.1) is 0 Å². The Balaban J connectivity index is 2.08. The predicted molar refractivity (Wildman–Crippen MR) is 88.3 cm³/mol. The summed E-state index contributed by atoms with van der Waals surface area (Å²) in [5.41, 5.74) is 0. The van der Waals surface area contributed by atoms with Crippen molar-refractivity contribution in [2.45, 2.75) is 30.7 Å². The fourth-order valence-electron chi connectivity index (χ4n) is 2.23. The highest BCUT2D eigenvalue weighted by Crippen LogP contribution is 2.27. The van der Waals surface area contributed by atoms with Crippen LogP contribution in [0.4, 0.5) is 0 Å². The quantitative estimate of drug-likeness (QED) is 0.219. The Morgan fingerprint density at radius 1 is 1.17 bits per heavy atom.